The summed E-state index contributed by atoms with van der Waals surface area (Å²) in [6.07, 6.45) is 10.4. The molecule has 0 spiro atoms. The number of nitrogens with zero attached hydrogens (tertiary/aromatic N) is 1. The number of hydrogen-bond acceptors (Lipinski definition) is 3. The van der Waals surface area contributed by atoms with Crippen molar-refractivity contribution in [3.05, 3.63) is 0 Å². The highest BCUT2D eigenvalue weighted by Crippen LogP contribution is 2.31. The van der Waals surface area contributed by atoms with Crippen LogP contribution in [0.25, 0.3) is 0 Å². The second-order valence-electron chi connectivity index (χ2n) is 5.93. The molecule has 0 heterocycles. The molecule has 100 valence electrons. The van der Waals surface area contributed by atoms with E-state index < -0.39 is 0 Å². The molecule has 2 fully saturated rings. The van der Waals surface area contributed by atoms with Gasteiger partial charge in [0.2, 0.25) is 0 Å². The Kier molecular flexibility index (Phi) is 4.83. The monoisotopic (exact) mass is 240 g/mol. The largest absolute Gasteiger partial charge is 0.383 e. The Labute approximate surface area is 106 Å². The second-order valence-corrected chi connectivity index (χ2v) is 5.93. The van der Waals surface area contributed by atoms with Gasteiger partial charge in [-0.2, -0.15) is 0 Å². The third-order valence-corrected chi connectivity index (χ3v) is 4.39. The molecule has 0 saturated heterocycles. The lowest BCUT2D eigenvalue weighted by Crippen LogP contribution is -2.45. The SMILES string of the molecule is COCCN(CCC1(N)CCCCC1)C1CC1. The molecule has 0 atom stereocenters. The summed E-state index contributed by atoms with van der Waals surface area (Å²) < 4.78 is 5.19. The number of rotatable bonds is 7. The van der Waals surface area contributed by atoms with E-state index in [1.165, 1.54) is 57.9 Å². The molecule has 0 amide bonds. The normalized spacial score (nSPS) is 24.2. The first-order valence-corrected chi connectivity index (χ1v) is 7.25. The van der Waals surface area contributed by atoms with E-state index in [1.807, 2.05) is 0 Å². The quantitative estimate of drug-likeness (QED) is 0.741. The molecule has 2 saturated carbocycles. The first-order valence-electron chi connectivity index (χ1n) is 7.25. The van der Waals surface area contributed by atoms with Gasteiger partial charge in [-0.15, -0.1) is 0 Å². The van der Waals surface area contributed by atoms with Crippen molar-refractivity contribution >= 4 is 0 Å². The molecule has 17 heavy (non-hydrogen) atoms. The van der Waals surface area contributed by atoms with E-state index in [1.54, 1.807) is 7.11 Å². The van der Waals surface area contributed by atoms with Crippen LogP contribution in [0.2, 0.25) is 0 Å². The van der Waals surface area contributed by atoms with E-state index in [9.17, 15) is 0 Å². The van der Waals surface area contributed by atoms with Crippen molar-refractivity contribution in [2.75, 3.05) is 26.8 Å². The standard InChI is InChI=1S/C14H28N2O/c1-17-12-11-16(13-5-6-13)10-9-14(15)7-3-2-4-8-14/h13H,2-12,15H2,1H3. The predicted molar refractivity (Wildman–Crippen MR) is 71.1 cm³/mol. The van der Waals surface area contributed by atoms with Gasteiger partial charge in [-0.05, 0) is 32.1 Å². The van der Waals surface area contributed by atoms with Gasteiger partial charge in [-0.3, -0.25) is 4.90 Å². The van der Waals surface area contributed by atoms with Crippen molar-refractivity contribution in [1.29, 1.82) is 0 Å². The Morgan fingerprint density at radius 3 is 2.47 bits per heavy atom. The second kappa shape index (κ2) is 6.17. The number of hydrogen-bond donors (Lipinski definition) is 1. The Bertz CT molecular complexity index is 222. The van der Waals surface area contributed by atoms with E-state index in [2.05, 4.69) is 4.90 Å². The maximum atomic E-state index is 6.50. The summed E-state index contributed by atoms with van der Waals surface area (Å²) in [5, 5.41) is 0. The summed E-state index contributed by atoms with van der Waals surface area (Å²) in [6, 6.07) is 0.831. The van der Waals surface area contributed by atoms with E-state index in [0.29, 0.717) is 0 Å². The van der Waals surface area contributed by atoms with E-state index >= 15 is 0 Å². The van der Waals surface area contributed by atoms with Gasteiger partial charge in [-0.25, -0.2) is 0 Å². The highest BCUT2D eigenvalue weighted by atomic mass is 16.5. The van der Waals surface area contributed by atoms with Gasteiger partial charge in [-0.1, -0.05) is 19.3 Å². The highest BCUT2D eigenvalue weighted by molar-refractivity contribution is 4.91. The number of methoxy groups -OCH3 is 1. The van der Waals surface area contributed by atoms with Crippen LogP contribution in [0.15, 0.2) is 0 Å². The molecule has 0 aromatic carbocycles. The highest BCUT2D eigenvalue weighted by Gasteiger charge is 2.32. The molecule has 2 N–H and O–H groups in total. The van der Waals surface area contributed by atoms with Crippen molar-refractivity contribution in [1.82, 2.24) is 4.90 Å². The van der Waals surface area contributed by atoms with Crippen LogP contribution in [0.5, 0.6) is 0 Å². The lowest BCUT2D eigenvalue weighted by molar-refractivity contribution is 0.132. The van der Waals surface area contributed by atoms with Gasteiger partial charge in [0, 0.05) is 31.8 Å². The summed E-state index contributed by atoms with van der Waals surface area (Å²) in [6.45, 7) is 3.11. The molecule has 0 aromatic rings. The zero-order chi connectivity index (χ0) is 12.1. The van der Waals surface area contributed by atoms with Crippen LogP contribution < -0.4 is 5.73 Å². The minimum Gasteiger partial charge on any atom is -0.383 e. The summed E-state index contributed by atoms with van der Waals surface area (Å²) >= 11 is 0. The topological polar surface area (TPSA) is 38.5 Å². The third-order valence-electron chi connectivity index (χ3n) is 4.39. The van der Waals surface area contributed by atoms with Crippen LogP contribution in [0.3, 0.4) is 0 Å². The van der Waals surface area contributed by atoms with Crippen LogP contribution >= 0.6 is 0 Å². The molecule has 2 rings (SSSR count). The lowest BCUT2D eigenvalue weighted by Gasteiger charge is -2.35. The zero-order valence-corrected chi connectivity index (χ0v) is 11.3. The molecular weight excluding hydrogens is 212 g/mol. The van der Waals surface area contributed by atoms with Crippen molar-refractivity contribution in [3.8, 4) is 0 Å². The fourth-order valence-corrected chi connectivity index (χ4v) is 3.00. The van der Waals surface area contributed by atoms with E-state index in [0.717, 1.165) is 19.2 Å². The summed E-state index contributed by atoms with van der Waals surface area (Å²) in [5.74, 6) is 0. The van der Waals surface area contributed by atoms with Crippen molar-refractivity contribution in [3.63, 3.8) is 0 Å². The van der Waals surface area contributed by atoms with Gasteiger partial charge in [0.05, 0.1) is 6.61 Å². The van der Waals surface area contributed by atoms with E-state index in [-0.39, 0.29) is 5.54 Å². The van der Waals surface area contributed by atoms with E-state index in [4.69, 9.17) is 10.5 Å². The molecule has 2 aliphatic carbocycles. The van der Waals surface area contributed by atoms with Crippen LogP contribution in [0.1, 0.15) is 51.4 Å². The molecular formula is C14H28N2O. The van der Waals surface area contributed by atoms with Crippen LogP contribution in [-0.4, -0.2) is 43.3 Å². The first kappa shape index (κ1) is 13.3. The molecule has 0 bridgehead atoms. The van der Waals surface area contributed by atoms with Gasteiger partial charge in [0.15, 0.2) is 0 Å². The molecule has 2 aliphatic rings. The van der Waals surface area contributed by atoms with Crippen molar-refractivity contribution in [2.24, 2.45) is 5.73 Å². The van der Waals surface area contributed by atoms with Crippen LogP contribution in [0, 0.1) is 0 Å². The Balaban J connectivity index is 1.73. The summed E-state index contributed by atoms with van der Waals surface area (Å²) in [4.78, 5) is 2.59. The van der Waals surface area contributed by atoms with Gasteiger partial charge in [0.25, 0.3) is 0 Å². The first-order chi connectivity index (χ1) is 8.23. The molecule has 0 aliphatic heterocycles. The maximum Gasteiger partial charge on any atom is 0.0589 e. The minimum absolute atomic E-state index is 0.137. The smallest absolute Gasteiger partial charge is 0.0589 e. The van der Waals surface area contributed by atoms with Gasteiger partial charge < -0.3 is 10.5 Å². The zero-order valence-electron chi connectivity index (χ0n) is 11.3. The van der Waals surface area contributed by atoms with Crippen LogP contribution in [0.4, 0.5) is 0 Å². The molecule has 0 aromatic heterocycles. The van der Waals surface area contributed by atoms with Crippen LogP contribution in [-0.2, 0) is 4.74 Å². The summed E-state index contributed by atoms with van der Waals surface area (Å²) in [5.41, 5.74) is 6.64. The molecule has 3 nitrogen and oxygen atoms in total. The average molecular weight is 240 g/mol. The molecule has 3 heteroatoms. The third kappa shape index (κ3) is 4.23. The number of ether oxygens (including phenoxy) is 1. The number of nitrogens with two attached hydrogens (primary N) is 1. The molecule has 0 radical (unpaired) electrons. The maximum absolute atomic E-state index is 6.50. The fourth-order valence-electron chi connectivity index (χ4n) is 3.00. The fraction of sp³-hybridized carbons (Fsp3) is 1.00. The van der Waals surface area contributed by atoms with Gasteiger partial charge >= 0.3 is 0 Å². The Hall–Kier alpha value is -0.120. The van der Waals surface area contributed by atoms with Gasteiger partial charge in [0.1, 0.15) is 0 Å². The Morgan fingerprint density at radius 2 is 1.88 bits per heavy atom. The molecule has 0 unspecified atom stereocenters. The minimum atomic E-state index is 0.137. The van der Waals surface area contributed by atoms with Crippen molar-refractivity contribution < 1.29 is 4.74 Å². The average Bonchev–Trinajstić information content (AvgIpc) is 3.14. The Morgan fingerprint density at radius 1 is 1.18 bits per heavy atom. The lowest BCUT2D eigenvalue weighted by atomic mass is 9.80. The van der Waals surface area contributed by atoms with Crippen molar-refractivity contribution in [2.45, 2.75) is 62.9 Å². The predicted octanol–water partition coefficient (Wildman–Crippen LogP) is 2.15. The summed E-state index contributed by atoms with van der Waals surface area (Å²) in [7, 11) is 1.79.